The van der Waals surface area contributed by atoms with Crippen LogP contribution in [0, 0.1) is 17.0 Å². The average molecular weight is 285 g/mol. The first kappa shape index (κ1) is 16.6. The van der Waals surface area contributed by atoms with Gasteiger partial charge in [0.15, 0.2) is 11.6 Å². The van der Waals surface area contributed by atoms with E-state index in [4.69, 9.17) is 5.11 Å². The molecule has 2 N–H and O–H groups in total. The second kappa shape index (κ2) is 7.33. The van der Waals surface area contributed by atoms with Gasteiger partial charge in [-0.2, -0.15) is 0 Å². The van der Waals surface area contributed by atoms with Crippen LogP contribution in [0.5, 0.6) is 0 Å². The molecule has 20 heavy (non-hydrogen) atoms. The third kappa shape index (κ3) is 5.25. The molecule has 0 bridgehead atoms. The lowest BCUT2D eigenvalue weighted by atomic mass is 9.88. The Labute approximate surface area is 118 Å². The number of hydrogen-bond donors (Lipinski definition) is 2. The van der Waals surface area contributed by atoms with Gasteiger partial charge in [-0.05, 0) is 24.3 Å². The smallest absolute Gasteiger partial charge is 0.224 e. The Hall–Kier alpha value is -1.49. The Balaban J connectivity index is 2.50. The summed E-state index contributed by atoms with van der Waals surface area (Å²) in [5, 5.41) is 11.5. The molecule has 3 nitrogen and oxygen atoms in total. The molecule has 0 saturated carbocycles. The summed E-state index contributed by atoms with van der Waals surface area (Å²) in [6.07, 6.45) is 1.26. The van der Waals surface area contributed by atoms with Crippen LogP contribution in [0.1, 0.15) is 32.3 Å². The second-order valence-electron chi connectivity index (χ2n) is 5.66. The molecule has 0 fully saturated rings. The number of rotatable bonds is 7. The van der Waals surface area contributed by atoms with Gasteiger partial charge in [-0.1, -0.05) is 26.0 Å². The third-order valence-corrected chi connectivity index (χ3v) is 3.16. The Morgan fingerprint density at radius 1 is 1.35 bits per heavy atom. The van der Waals surface area contributed by atoms with Crippen LogP contribution in [-0.2, 0) is 11.2 Å². The summed E-state index contributed by atoms with van der Waals surface area (Å²) in [7, 11) is 0. The summed E-state index contributed by atoms with van der Waals surface area (Å²) >= 11 is 0. The minimum absolute atomic E-state index is 0.0515. The van der Waals surface area contributed by atoms with E-state index in [-0.39, 0.29) is 29.9 Å². The molecule has 0 aliphatic carbocycles. The van der Waals surface area contributed by atoms with E-state index in [2.05, 4.69) is 5.32 Å². The Morgan fingerprint density at radius 3 is 2.70 bits per heavy atom. The van der Waals surface area contributed by atoms with Crippen LogP contribution in [0.3, 0.4) is 0 Å². The van der Waals surface area contributed by atoms with Crippen molar-refractivity contribution in [3.05, 3.63) is 35.4 Å². The van der Waals surface area contributed by atoms with Gasteiger partial charge in [0.1, 0.15) is 0 Å². The molecule has 5 heteroatoms. The topological polar surface area (TPSA) is 49.3 Å². The SMILES string of the molecule is CC(C)(CCCO)CNC(=O)Cc1cccc(F)c1F. The molecular formula is C15H21F2NO2. The van der Waals surface area contributed by atoms with E-state index in [1.807, 2.05) is 13.8 Å². The summed E-state index contributed by atoms with van der Waals surface area (Å²) in [4.78, 5) is 11.7. The summed E-state index contributed by atoms with van der Waals surface area (Å²) < 4.78 is 26.4. The van der Waals surface area contributed by atoms with E-state index < -0.39 is 11.6 Å². The molecule has 1 amide bonds. The van der Waals surface area contributed by atoms with Crippen molar-refractivity contribution in [1.29, 1.82) is 0 Å². The van der Waals surface area contributed by atoms with Gasteiger partial charge in [0.05, 0.1) is 6.42 Å². The predicted molar refractivity (Wildman–Crippen MR) is 73.2 cm³/mol. The van der Waals surface area contributed by atoms with E-state index in [0.717, 1.165) is 12.5 Å². The number of aliphatic hydroxyl groups is 1. The summed E-state index contributed by atoms with van der Waals surface area (Å²) in [6, 6.07) is 3.80. The molecule has 0 radical (unpaired) electrons. The van der Waals surface area contributed by atoms with Crippen molar-refractivity contribution in [3.63, 3.8) is 0 Å². The molecule has 0 unspecified atom stereocenters. The van der Waals surface area contributed by atoms with Gasteiger partial charge in [0.25, 0.3) is 0 Å². The fourth-order valence-corrected chi connectivity index (χ4v) is 1.90. The molecular weight excluding hydrogens is 264 g/mol. The lowest BCUT2D eigenvalue weighted by molar-refractivity contribution is -0.120. The minimum Gasteiger partial charge on any atom is -0.396 e. The average Bonchev–Trinajstić information content (AvgIpc) is 2.40. The third-order valence-electron chi connectivity index (χ3n) is 3.16. The molecule has 1 rings (SSSR count). The molecule has 0 heterocycles. The van der Waals surface area contributed by atoms with Crippen LogP contribution in [0.15, 0.2) is 18.2 Å². The minimum atomic E-state index is -0.970. The van der Waals surface area contributed by atoms with Gasteiger partial charge in [-0.15, -0.1) is 0 Å². The predicted octanol–water partition coefficient (Wildman–Crippen LogP) is 2.42. The number of amides is 1. The number of halogens is 2. The molecule has 1 aromatic carbocycles. The number of hydrogen-bond acceptors (Lipinski definition) is 2. The monoisotopic (exact) mass is 285 g/mol. The van der Waals surface area contributed by atoms with Gasteiger partial charge >= 0.3 is 0 Å². The molecule has 0 aromatic heterocycles. The van der Waals surface area contributed by atoms with Crippen molar-refractivity contribution >= 4 is 5.91 Å². The number of carbonyl (C=O) groups excluding carboxylic acids is 1. The maximum Gasteiger partial charge on any atom is 0.224 e. The van der Waals surface area contributed by atoms with Gasteiger partial charge < -0.3 is 10.4 Å². The standard InChI is InChI=1S/C15H21F2NO2/c1-15(2,7-4-8-19)10-18-13(20)9-11-5-3-6-12(16)14(11)17/h3,5-6,19H,4,7-10H2,1-2H3,(H,18,20). The van der Waals surface area contributed by atoms with E-state index in [1.165, 1.54) is 12.1 Å². The van der Waals surface area contributed by atoms with Crippen LogP contribution in [-0.4, -0.2) is 24.2 Å². The number of carbonyl (C=O) groups is 1. The maximum absolute atomic E-state index is 13.4. The highest BCUT2D eigenvalue weighted by Crippen LogP contribution is 2.20. The van der Waals surface area contributed by atoms with E-state index in [9.17, 15) is 13.6 Å². The van der Waals surface area contributed by atoms with Crippen LogP contribution in [0.25, 0.3) is 0 Å². The van der Waals surface area contributed by atoms with Crippen LogP contribution >= 0.6 is 0 Å². The fourth-order valence-electron chi connectivity index (χ4n) is 1.90. The Kier molecular flexibility index (Phi) is 6.07. The van der Waals surface area contributed by atoms with Crippen molar-refractivity contribution in [3.8, 4) is 0 Å². The summed E-state index contributed by atoms with van der Waals surface area (Å²) in [5.41, 5.74) is -0.0885. The molecule has 0 aliphatic rings. The first-order valence-corrected chi connectivity index (χ1v) is 6.66. The largest absolute Gasteiger partial charge is 0.396 e. The molecule has 0 saturated heterocycles. The number of aliphatic hydroxyl groups excluding tert-OH is 1. The van der Waals surface area contributed by atoms with Crippen molar-refractivity contribution in [1.82, 2.24) is 5.32 Å². The first-order valence-electron chi connectivity index (χ1n) is 6.66. The summed E-state index contributed by atoms with van der Waals surface area (Å²) in [6.45, 7) is 4.51. The Morgan fingerprint density at radius 2 is 2.05 bits per heavy atom. The Bertz CT molecular complexity index is 461. The molecule has 0 atom stereocenters. The zero-order valence-corrected chi connectivity index (χ0v) is 11.9. The van der Waals surface area contributed by atoms with Crippen molar-refractivity contribution in [2.24, 2.45) is 5.41 Å². The maximum atomic E-state index is 13.4. The van der Waals surface area contributed by atoms with Gasteiger partial charge in [-0.25, -0.2) is 8.78 Å². The molecule has 0 spiro atoms. The normalized spacial score (nSPS) is 11.4. The quantitative estimate of drug-likeness (QED) is 0.808. The van der Waals surface area contributed by atoms with Gasteiger partial charge in [-0.3, -0.25) is 4.79 Å². The molecule has 112 valence electrons. The molecule has 1 aromatic rings. The van der Waals surface area contributed by atoms with E-state index >= 15 is 0 Å². The highest BCUT2D eigenvalue weighted by atomic mass is 19.2. The highest BCUT2D eigenvalue weighted by Gasteiger charge is 2.19. The fraction of sp³-hybridized carbons (Fsp3) is 0.533. The second-order valence-corrected chi connectivity index (χ2v) is 5.66. The molecule has 0 aliphatic heterocycles. The van der Waals surface area contributed by atoms with Crippen molar-refractivity contribution in [2.75, 3.05) is 13.2 Å². The van der Waals surface area contributed by atoms with E-state index in [1.54, 1.807) is 0 Å². The van der Waals surface area contributed by atoms with Crippen molar-refractivity contribution < 1.29 is 18.7 Å². The lowest BCUT2D eigenvalue weighted by Crippen LogP contribution is -2.35. The van der Waals surface area contributed by atoms with Crippen LogP contribution in [0.4, 0.5) is 8.78 Å². The first-order chi connectivity index (χ1) is 9.35. The lowest BCUT2D eigenvalue weighted by Gasteiger charge is -2.24. The van der Waals surface area contributed by atoms with Gasteiger partial charge in [0, 0.05) is 18.7 Å². The van der Waals surface area contributed by atoms with Crippen LogP contribution in [0.2, 0.25) is 0 Å². The van der Waals surface area contributed by atoms with Crippen LogP contribution < -0.4 is 5.32 Å². The van der Waals surface area contributed by atoms with Gasteiger partial charge in [0.2, 0.25) is 5.91 Å². The summed E-state index contributed by atoms with van der Waals surface area (Å²) in [5.74, 6) is -2.26. The number of benzene rings is 1. The zero-order chi connectivity index (χ0) is 15.2. The van der Waals surface area contributed by atoms with E-state index in [0.29, 0.717) is 13.0 Å². The number of nitrogens with one attached hydrogen (secondary N) is 1. The highest BCUT2D eigenvalue weighted by molar-refractivity contribution is 5.78. The van der Waals surface area contributed by atoms with Crippen molar-refractivity contribution in [2.45, 2.75) is 33.1 Å². The zero-order valence-electron chi connectivity index (χ0n) is 11.9.